The molecule has 96 valence electrons. The molecule has 1 unspecified atom stereocenters. The van der Waals surface area contributed by atoms with Gasteiger partial charge in [0.1, 0.15) is 0 Å². The number of fused-ring (bicyclic) bond motifs is 1. The Morgan fingerprint density at radius 3 is 2.83 bits per heavy atom. The Morgan fingerprint density at radius 2 is 2.22 bits per heavy atom. The molecule has 1 aromatic carbocycles. The molecule has 0 saturated heterocycles. The van der Waals surface area contributed by atoms with Gasteiger partial charge in [-0.25, -0.2) is 4.98 Å². The fraction of sp³-hybridized carbons (Fsp3) is 0.385. The predicted molar refractivity (Wildman–Crippen MR) is 72.5 cm³/mol. The third-order valence-electron chi connectivity index (χ3n) is 3.01. The van der Waals surface area contributed by atoms with Crippen LogP contribution in [0.4, 0.5) is 0 Å². The minimum atomic E-state index is -0.706. The molecule has 1 aromatic heterocycles. The van der Waals surface area contributed by atoms with Crippen LogP contribution in [0.1, 0.15) is 11.9 Å². The third kappa shape index (κ3) is 2.37. The predicted octanol–water partition coefficient (Wildman–Crippen LogP) is 1.98. The van der Waals surface area contributed by atoms with Crippen molar-refractivity contribution in [1.29, 1.82) is 0 Å². The molecule has 18 heavy (non-hydrogen) atoms. The number of nitrogens with two attached hydrogens (primary N) is 1. The second-order valence-electron chi connectivity index (χ2n) is 4.51. The Balaban J connectivity index is 2.29. The van der Waals surface area contributed by atoms with E-state index in [1.165, 1.54) is 7.11 Å². The first-order valence-electron chi connectivity index (χ1n) is 5.72. The summed E-state index contributed by atoms with van der Waals surface area (Å²) in [4.78, 5) is 16.3. The molecule has 0 bridgehead atoms. The highest BCUT2D eigenvalue weighted by molar-refractivity contribution is 7.18. The summed E-state index contributed by atoms with van der Waals surface area (Å²) in [6, 6.07) is 7.92. The Morgan fingerprint density at radius 1 is 1.50 bits per heavy atom. The van der Waals surface area contributed by atoms with Crippen LogP contribution in [0.25, 0.3) is 10.2 Å². The molecule has 1 heterocycles. The quantitative estimate of drug-likeness (QED) is 0.858. The van der Waals surface area contributed by atoms with E-state index in [2.05, 4.69) is 4.98 Å². The van der Waals surface area contributed by atoms with Crippen LogP contribution in [-0.2, 0) is 16.0 Å². The third-order valence-corrected chi connectivity index (χ3v) is 4.04. The van der Waals surface area contributed by atoms with Crippen molar-refractivity contribution >= 4 is 27.5 Å². The number of hydrogen-bond donors (Lipinski definition) is 1. The highest BCUT2D eigenvalue weighted by Crippen LogP contribution is 2.28. The number of carbonyl (C=O) groups is 1. The second-order valence-corrected chi connectivity index (χ2v) is 5.62. The van der Waals surface area contributed by atoms with Gasteiger partial charge < -0.3 is 10.5 Å². The van der Waals surface area contributed by atoms with E-state index < -0.39 is 5.41 Å². The van der Waals surface area contributed by atoms with Gasteiger partial charge in [0.15, 0.2) is 0 Å². The molecule has 0 saturated carbocycles. The zero-order valence-corrected chi connectivity index (χ0v) is 11.3. The van der Waals surface area contributed by atoms with Crippen molar-refractivity contribution in [2.45, 2.75) is 13.3 Å². The summed E-state index contributed by atoms with van der Waals surface area (Å²) in [6.07, 6.45) is 0.509. The van der Waals surface area contributed by atoms with Gasteiger partial charge in [0, 0.05) is 13.0 Å². The Kier molecular flexibility index (Phi) is 3.63. The van der Waals surface area contributed by atoms with E-state index in [4.69, 9.17) is 10.5 Å². The smallest absolute Gasteiger partial charge is 0.313 e. The van der Waals surface area contributed by atoms with Gasteiger partial charge in [0.05, 0.1) is 27.7 Å². The van der Waals surface area contributed by atoms with E-state index in [0.717, 1.165) is 15.2 Å². The van der Waals surface area contributed by atoms with E-state index in [0.29, 0.717) is 6.42 Å². The van der Waals surface area contributed by atoms with Crippen molar-refractivity contribution in [2.75, 3.05) is 13.7 Å². The molecule has 0 aliphatic rings. The van der Waals surface area contributed by atoms with Crippen LogP contribution < -0.4 is 5.73 Å². The first kappa shape index (κ1) is 13.0. The lowest BCUT2D eigenvalue weighted by Gasteiger charge is -2.23. The maximum atomic E-state index is 11.8. The minimum absolute atomic E-state index is 0.246. The van der Waals surface area contributed by atoms with Gasteiger partial charge >= 0.3 is 5.97 Å². The summed E-state index contributed by atoms with van der Waals surface area (Å²) in [5, 5.41) is 0.912. The summed E-state index contributed by atoms with van der Waals surface area (Å²) in [7, 11) is 1.38. The second kappa shape index (κ2) is 5.04. The molecule has 2 rings (SSSR count). The number of rotatable bonds is 4. The lowest BCUT2D eigenvalue weighted by molar-refractivity contribution is -0.151. The fourth-order valence-corrected chi connectivity index (χ4v) is 2.96. The van der Waals surface area contributed by atoms with Crippen molar-refractivity contribution in [3.63, 3.8) is 0 Å². The number of nitrogens with zero attached hydrogens (tertiary/aromatic N) is 1. The van der Waals surface area contributed by atoms with Crippen LogP contribution >= 0.6 is 11.3 Å². The summed E-state index contributed by atoms with van der Waals surface area (Å²) < 4.78 is 5.93. The summed E-state index contributed by atoms with van der Waals surface area (Å²) >= 11 is 1.59. The maximum Gasteiger partial charge on any atom is 0.313 e. The van der Waals surface area contributed by atoms with Crippen LogP contribution in [-0.4, -0.2) is 24.6 Å². The highest BCUT2D eigenvalue weighted by atomic mass is 32.1. The molecule has 0 fully saturated rings. The Bertz CT molecular complexity index is 534. The molecular formula is C13H16N2O2S. The first-order chi connectivity index (χ1) is 8.59. The van der Waals surface area contributed by atoms with Crippen LogP contribution in [0.3, 0.4) is 0 Å². The molecule has 0 aliphatic carbocycles. The number of methoxy groups -OCH3 is 1. The summed E-state index contributed by atoms with van der Waals surface area (Å²) in [5.74, 6) is -0.288. The van der Waals surface area contributed by atoms with Crippen molar-refractivity contribution in [3.8, 4) is 0 Å². The highest BCUT2D eigenvalue weighted by Gasteiger charge is 2.34. The van der Waals surface area contributed by atoms with Gasteiger partial charge in [0.25, 0.3) is 0 Å². The normalized spacial score (nSPS) is 14.4. The Hall–Kier alpha value is -1.46. The van der Waals surface area contributed by atoms with Crippen molar-refractivity contribution in [3.05, 3.63) is 29.3 Å². The van der Waals surface area contributed by atoms with Gasteiger partial charge in [-0.2, -0.15) is 0 Å². The van der Waals surface area contributed by atoms with Gasteiger partial charge in [-0.15, -0.1) is 11.3 Å². The van der Waals surface area contributed by atoms with Gasteiger partial charge in [-0.1, -0.05) is 12.1 Å². The fourth-order valence-electron chi connectivity index (χ4n) is 1.80. The zero-order valence-electron chi connectivity index (χ0n) is 10.5. The lowest BCUT2D eigenvalue weighted by atomic mass is 9.87. The number of esters is 1. The van der Waals surface area contributed by atoms with E-state index >= 15 is 0 Å². The zero-order chi connectivity index (χ0) is 13.2. The van der Waals surface area contributed by atoms with Gasteiger partial charge in [-0.3, -0.25) is 4.79 Å². The molecular weight excluding hydrogens is 248 g/mol. The van der Waals surface area contributed by atoms with Gasteiger partial charge in [-0.05, 0) is 19.1 Å². The molecule has 5 heteroatoms. The molecule has 1 atom stereocenters. The van der Waals surface area contributed by atoms with E-state index in [-0.39, 0.29) is 12.5 Å². The average molecular weight is 264 g/mol. The van der Waals surface area contributed by atoms with E-state index in [9.17, 15) is 4.79 Å². The summed E-state index contributed by atoms with van der Waals surface area (Å²) in [5.41, 5.74) is 5.96. The van der Waals surface area contributed by atoms with Crippen LogP contribution in [0, 0.1) is 5.41 Å². The topological polar surface area (TPSA) is 65.2 Å². The monoisotopic (exact) mass is 264 g/mol. The van der Waals surface area contributed by atoms with Crippen LogP contribution in [0.15, 0.2) is 24.3 Å². The maximum absolute atomic E-state index is 11.8. The minimum Gasteiger partial charge on any atom is -0.469 e. The number of aromatic nitrogens is 1. The molecule has 0 radical (unpaired) electrons. The Labute approximate surface area is 110 Å². The number of hydrogen-bond acceptors (Lipinski definition) is 5. The number of carbonyl (C=O) groups excluding carboxylic acids is 1. The number of benzene rings is 1. The molecule has 0 amide bonds. The van der Waals surface area contributed by atoms with Gasteiger partial charge in [0.2, 0.25) is 0 Å². The number of para-hydroxylation sites is 1. The van der Waals surface area contributed by atoms with E-state index in [1.54, 1.807) is 11.3 Å². The number of thiazole rings is 1. The standard InChI is InChI=1S/C13H16N2O2S/c1-13(8-14,12(16)17-2)7-11-15-9-5-3-4-6-10(9)18-11/h3-6H,7-8,14H2,1-2H3. The molecule has 2 N–H and O–H groups in total. The molecule has 0 aliphatic heterocycles. The first-order valence-corrected chi connectivity index (χ1v) is 6.53. The molecule has 0 spiro atoms. The average Bonchev–Trinajstić information content (AvgIpc) is 2.79. The number of ether oxygens (including phenoxy) is 1. The summed E-state index contributed by atoms with van der Waals surface area (Å²) in [6.45, 7) is 2.06. The van der Waals surface area contributed by atoms with Crippen molar-refractivity contribution in [1.82, 2.24) is 4.98 Å². The lowest BCUT2D eigenvalue weighted by Crippen LogP contribution is -2.38. The SMILES string of the molecule is COC(=O)C(C)(CN)Cc1nc2ccccc2s1. The van der Waals surface area contributed by atoms with Crippen LogP contribution in [0.2, 0.25) is 0 Å². The van der Waals surface area contributed by atoms with E-state index in [1.807, 2.05) is 31.2 Å². The van der Waals surface area contributed by atoms with Crippen molar-refractivity contribution in [2.24, 2.45) is 11.1 Å². The van der Waals surface area contributed by atoms with Crippen LogP contribution in [0.5, 0.6) is 0 Å². The molecule has 2 aromatic rings. The van der Waals surface area contributed by atoms with Crippen molar-refractivity contribution < 1.29 is 9.53 Å². The largest absolute Gasteiger partial charge is 0.469 e. The molecule has 4 nitrogen and oxygen atoms in total.